The summed E-state index contributed by atoms with van der Waals surface area (Å²) in [5.74, 6) is -0.341. The highest BCUT2D eigenvalue weighted by molar-refractivity contribution is 6.30. The van der Waals surface area contributed by atoms with Crippen LogP contribution in [-0.4, -0.2) is 11.5 Å². The largest absolute Gasteiger partial charge is 0.310 e. The number of nitrogens with one attached hydrogen (secondary N) is 1. The van der Waals surface area contributed by atoms with Gasteiger partial charge in [-0.3, -0.25) is 4.98 Å². The number of pyridine rings is 1. The zero-order valence-electron chi connectivity index (χ0n) is 11.4. The molecule has 1 aromatic heterocycles. The van der Waals surface area contributed by atoms with E-state index in [1.807, 2.05) is 18.3 Å². The van der Waals surface area contributed by atoms with Crippen LogP contribution in [0.25, 0.3) is 0 Å². The van der Waals surface area contributed by atoms with Crippen molar-refractivity contribution in [3.63, 3.8) is 0 Å². The molecule has 2 nitrogen and oxygen atoms in total. The monoisotopic (exact) mass is 292 g/mol. The number of halogens is 2. The molecule has 1 atom stereocenters. The normalized spacial score (nSPS) is 12.3. The van der Waals surface area contributed by atoms with Crippen LogP contribution in [0.3, 0.4) is 0 Å². The van der Waals surface area contributed by atoms with Gasteiger partial charge in [0.2, 0.25) is 0 Å². The van der Waals surface area contributed by atoms with Crippen LogP contribution in [0, 0.1) is 5.82 Å². The summed E-state index contributed by atoms with van der Waals surface area (Å²) in [6.45, 7) is 2.92. The van der Waals surface area contributed by atoms with E-state index in [-0.39, 0.29) is 16.9 Å². The van der Waals surface area contributed by atoms with Crippen molar-refractivity contribution in [3.8, 4) is 0 Å². The first kappa shape index (κ1) is 14.9. The Morgan fingerprint density at radius 3 is 2.85 bits per heavy atom. The van der Waals surface area contributed by atoms with Crippen molar-refractivity contribution in [3.05, 3.63) is 64.7 Å². The van der Waals surface area contributed by atoms with Gasteiger partial charge in [0, 0.05) is 24.0 Å². The van der Waals surface area contributed by atoms with Crippen LogP contribution >= 0.6 is 11.6 Å². The van der Waals surface area contributed by atoms with Crippen LogP contribution in [-0.2, 0) is 6.42 Å². The van der Waals surface area contributed by atoms with E-state index in [2.05, 4.69) is 17.2 Å². The highest BCUT2D eigenvalue weighted by atomic mass is 35.5. The molecule has 0 aliphatic carbocycles. The Kier molecular flexibility index (Phi) is 5.50. The van der Waals surface area contributed by atoms with Gasteiger partial charge in [-0.05, 0) is 37.1 Å². The number of hydrogen-bond acceptors (Lipinski definition) is 2. The Hall–Kier alpha value is -1.45. The summed E-state index contributed by atoms with van der Waals surface area (Å²) < 4.78 is 14.2. The molecule has 0 spiro atoms. The lowest BCUT2D eigenvalue weighted by atomic mass is 9.99. The molecular formula is C16H18ClFN2. The van der Waals surface area contributed by atoms with Crippen LogP contribution in [0.1, 0.15) is 30.5 Å². The SMILES string of the molecule is CCCNC(Cc1cccnc1)c1cccc(Cl)c1F. The second-order valence-corrected chi connectivity index (χ2v) is 5.12. The first-order chi connectivity index (χ1) is 9.72. The smallest absolute Gasteiger partial charge is 0.146 e. The topological polar surface area (TPSA) is 24.9 Å². The van der Waals surface area contributed by atoms with E-state index in [0.717, 1.165) is 18.5 Å². The van der Waals surface area contributed by atoms with Crippen LogP contribution in [0.4, 0.5) is 4.39 Å². The summed E-state index contributed by atoms with van der Waals surface area (Å²) in [5, 5.41) is 3.54. The van der Waals surface area contributed by atoms with Crippen molar-refractivity contribution in [1.29, 1.82) is 0 Å². The highest BCUT2D eigenvalue weighted by Gasteiger charge is 2.17. The molecule has 0 saturated carbocycles. The maximum Gasteiger partial charge on any atom is 0.146 e. The van der Waals surface area contributed by atoms with Crippen LogP contribution in [0.5, 0.6) is 0 Å². The van der Waals surface area contributed by atoms with Gasteiger partial charge in [-0.15, -0.1) is 0 Å². The predicted molar refractivity (Wildman–Crippen MR) is 80.4 cm³/mol. The highest BCUT2D eigenvalue weighted by Crippen LogP contribution is 2.25. The van der Waals surface area contributed by atoms with E-state index in [0.29, 0.717) is 12.0 Å². The van der Waals surface area contributed by atoms with E-state index in [4.69, 9.17) is 11.6 Å². The number of hydrogen-bond donors (Lipinski definition) is 1. The molecule has 20 heavy (non-hydrogen) atoms. The molecule has 1 N–H and O–H groups in total. The summed E-state index contributed by atoms with van der Waals surface area (Å²) >= 11 is 5.88. The molecular weight excluding hydrogens is 275 g/mol. The molecule has 1 aromatic carbocycles. The quantitative estimate of drug-likeness (QED) is 0.865. The molecule has 2 rings (SSSR count). The molecule has 0 aliphatic rings. The van der Waals surface area contributed by atoms with E-state index in [1.54, 1.807) is 24.4 Å². The zero-order chi connectivity index (χ0) is 14.4. The summed E-state index contributed by atoms with van der Waals surface area (Å²) in [6, 6.07) is 8.92. The second kappa shape index (κ2) is 7.36. The molecule has 4 heteroatoms. The predicted octanol–water partition coefficient (Wildman–Crippen LogP) is 4.16. The van der Waals surface area contributed by atoms with E-state index in [9.17, 15) is 4.39 Å². The molecule has 0 fully saturated rings. The standard InChI is InChI=1S/C16H18ClFN2/c1-2-8-20-15(10-12-5-4-9-19-11-12)13-6-3-7-14(17)16(13)18/h3-7,9,11,15,20H,2,8,10H2,1H3. The summed E-state index contributed by atoms with van der Waals surface area (Å²) in [7, 11) is 0. The number of nitrogens with zero attached hydrogens (tertiary/aromatic N) is 1. The molecule has 2 aromatic rings. The minimum atomic E-state index is -0.341. The van der Waals surface area contributed by atoms with Crippen LogP contribution < -0.4 is 5.32 Å². The van der Waals surface area contributed by atoms with Crippen LogP contribution in [0.15, 0.2) is 42.7 Å². The van der Waals surface area contributed by atoms with Gasteiger partial charge in [0.1, 0.15) is 5.82 Å². The van der Waals surface area contributed by atoms with Gasteiger partial charge in [0.25, 0.3) is 0 Å². The molecule has 0 aliphatic heterocycles. The van der Waals surface area contributed by atoms with E-state index in [1.165, 1.54) is 0 Å². The van der Waals surface area contributed by atoms with Crippen molar-refractivity contribution >= 4 is 11.6 Å². The van der Waals surface area contributed by atoms with Crippen molar-refractivity contribution in [2.24, 2.45) is 0 Å². The third kappa shape index (κ3) is 3.78. The van der Waals surface area contributed by atoms with Gasteiger partial charge in [0.05, 0.1) is 5.02 Å². The third-order valence-electron chi connectivity index (χ3n) is 3.16. The van der Waals surface area contributed by atoms with Gasteiger partial charge < -0.3 is 5.32 Å². The van der Waals surface area contributed by atoms with Crippen molar-refractivity contribution < 1.29 is 4.39 Å². The van der Waals surface area contributed by atoms with Gasteiger partial charge in [-0.2, -0.15) is 0 Å². The molecule has 0 radical (unpaired) electrons. The summed E-state index contributed by atoms with van der Waals surface area (Å²) in [4.78, 5) is 4.10. The summed E-state index contributed by atoms with van der Waals surface area (Å²) in [6.07, 6.45) is 5.22. The van der Waals surface area contributed by atoms with E-state index < -0.39 is 0 Å². The summed E-state index contributed by atoms with van der Waals surface area (Å²) in [5.41, 5.74) is 1.68. The molecule has 1 heterocycles. The molecule has 1 unspecified atom stereocenters. The maximum atomic E-state index is 14.2. The van der Waals surface area contributed by atoms with Crippen molar-refractivity contribution in [2.75, 3.05) is 6.54 Å². The number of benzene rings is 1. The van der Waals surface area contributed by atoms with Gasteiger partial charge in [0.15, 0.2) is 0 Å². The van der Waals surface area contributed by atoms with Crippen molar-refractivity contribution in [2.45, 2.75) is 25.8 Å². The minimum absolute atomic E-state index is 0.0992. The number of aromatic nitrogens is 1. The Labute approximate surface area is 124 Å². The molecule has 0 amide bonds. The maximum absolute atomic E-state index is 14.2. The Bertz CT molecular complexity index is 545. The van der Waals surface area contributed by atoms with Crippen LogP contribution in [0.2, 0.25) is 5.02 Å². The second-order valence-electron chi connectivity index (χ2n) is 4.72. The molecule has 106 valence electrons. The minimum Gasteiger partial charge on any atom is -0.310 e. The van der Waals surface area contributed by atoms with Gasteiger partial charge in [-0.1, -0.05) is 36.7 Å². The lowest BCUT2D eigenvalue weighted by molar-refractivity contribution is 0.497. The molecule has 0 saturated heterocycles. The lowest BCUT2D eigenvalue weighted by Crippen LogP contribution is -2.25. The van der Waals surface area contributed by atoms with Gasteiger partial charge in [-0.25, -0.2) is 4.39 Å². The Balaban J connectivity index is 2.25. The lowest BCUT2D eigenvalue weighted by Gasteiger charge is -2.20. The van der Waals surface area contributed by atoms with Gasteiger partial charge >= 0.3 is 0 Å². The zero-order valence-corrected chi connectivity index (χ0v) is 12.2. The first-order valence-corrected chi connectivity index (χ1v) is 7.16. The number of rotatable bonds is 6. The fraction of sp³-hybridized carbons (Fsp3) is 0.312. The first-order valence-electron chi connectivity index (χ1n) is 6.78. The molecule has 0 bridgehead atoms. The van der Waals surface area contributed by atoms with Crippen molar-refractivity contribution in [1.82, 2.24) is 10.3 Å². The fourth-order valence-corrected chi connectivity index (χ4v) is 2.34. The van der Waals surface area contributed by atoms with E-state index >= 15 is 0 Å². The fourth-order valence-electron chi connectivity index (χ4n) is 2.15. The average Bonchev–Trinajstić information content (AvgIpc) is 2.48. The Morgan fingerprint density at radius 2 is 2.15 bits per heavy atom. The average molecular weight is 293 g/mol. The third-order valence-corrected chi connectivity index (χ3v) is 3.45. The Morgan fingerprint density at radius 1 is 1.30 bits per heavy atom.